The van der Waals surface area contributed by atoms with Gasteiger partial charge in [-0.1, -0.05) is 30.0 Å². The van der Waals surface area contributed by atoms with Crippen molar-refractivity contribution in [2.45, 2.75) is 25.7 Å². The molecule has 1 aromatic rings. The Labute approximate surface area is 174 Å². The van der Waals surface area contributed by atoms with Gasteiger partial charge in [-0.05, 0) is 43.0 Å². The number of carbonyl (C=O) groups excluding carboxylic acids is 2. The Hall–Kier alpha value is -2.06. The topological polar surface area (TPSA) is 59.1 Å². The second-order valence-corrected chi connectivity index (χ2v) is 8.31. The normalized spacial score (nSPS) is 18.7. The number of thioether (sulfide) groups is 1. The van der Waals surface area contributed by atoms with E-state index in [0.717, 1.165) is 31.5 Å². The molecule has 2 amide bonds. The summed E-state index contributed by atoms with van der Waals surface area (Å²) in [5.74, 6) is 1.16. The van der Waals surface area contributed by atoms with Crippen LogP contribution in [0.1, 0.15) is 31.2 Å². The molecule has 2 fully saturated rings. The van der Waals surface area contributed by atoms with Gasteiger partial charge in [-0.3, -0.25) is 14.5 Å². The van der Waals surface area contributed by atoms with Crippen LogP contribution in [0.15, 0.2) is 23.1 Å². The Kier molecular flexibility index (Phi) is 6.96. The van der Waals surface area contributed by atoms with E-state index in [-0.39, 0.29) is 11.8 Å². The third-order valence-electron chi connectivity index (χ3n) is 4.84. The molecule has 2 aliphatic rings. The summed E-state index contributed by atoms with van der Waals surface area (Å²) in [6, 6.07) is 5.46. The summed E-state index contributed by atoms with van der Waals surface area (Å²) in [6.45, 7) is 1.95. The van der Waals surface area contributed by atoms with Crippen LogP contribution in [0.25, 0.3) is 6.08 Å². The van der Waals surface area contributed by atoms with Crippen molar-refractivity contribution >= 4 is 46.2 Å². The summed E-state index contributed by atoms with van der Waals surface area (Å²) in [6.07, 6.45) is 5.38. The van der Waals surface area contributed by atoms with Crippen molar-refractivity contribution in [2.75, 3.05) is 33.9 Å². The zero-order chi connectivity index (χ0) is 20.1. The Morgan fingerprint density at radius 1 is 1.18 bits per heavy atom. The van der Waals surface area contributed by atoms with Gasteiger partial charge in [-0.2, -0.15) is 0 Å². The standard InChI is InChI=1S/C20H24N2O4S2/c1-25-15-7-6-14(12-16(15)26-2)13-17-19(24)22(20(27)28-17)11-8-18(23)21-9-4-3-5-10-21/h6-7,12-13H,3-5,8-11H2,1-2H3/b17-13-. The number of benzene rings is 1. The molecule has 0 unspecified atom stereocenters. The molecule has 28 heavy (non-hydrogen) atoms. The molecule has 0 bridgehead atoms. The number of ether oxygens (including phenoxy) is 2. The summed E-state index contributed by atoms with van der Waals surface area (Å²) in [4.78, 5) is 29.1. The first-order valence-corrected chi connectivity index (χ1v) is 10.5. The van der Waals surface area contributed by atoms with E-state index in [9.17, 15) is 9.59 Å². The van der Waals surface area contributed by atoms with Crippen molar-refractivity contribution in [1.29, 1.82) is 0 Å². The van der Waals surface area contributed by atoms with Gasteiger partial charge in [-0.25, -0.2) is 0 Å². The molecule has 1 aromatic carbocycles. The summed E-state index contributed by atoms with van der Waals surface area (Å²) in [5.41, 5.74) is 0.822. The predicted octanol–water partition coefficient (Wildman–Crippen LogP) is 3.31. The number of hydrogen-bond donors (Lipinski definition) is 0. The Morgan fingerprint density at radius 2 is 1.89 bits per heavy atom. The third kappa shape index (κ3) is 4.67. The van der Waals surface area contributed by atoms with Crippen LogP contribution in [0, 0.1) is 0 Å². The zero-order valence-corrected chi connectivity index (χ0v) is 17.7. The highest BCUT2D eigenvalue weighted by Gasteiger charge is 2.32. The van der Waals surface area contributed by atoms with Crippen LogP contribution in [-0.4, -0.2) is 59.8 Å². The van der Waals surface area contributed by atoms with E-state index in [1.54, 1.807) is 26.4 Å². The number of nitrogens with zero attached hydrogens (tertiary/aromatic N) is 2. The molecule has 6 nitrogen and oxygen atoms in total. The van der Waals surface area contributed by atoms with E-state index in [2.05, 4.69) is 0 Å². The monoisotopic (exact) mass is 420 g/mol. The average Bonchev–Trinajstić information content (AvgIpc) is 2.99. The molecular formula is C20H24N2O4S2. The smallest absolute Gasteiger partial charge is 0.266 e. The van der Waals surface area contributed by atoms with Gasteiger partial charge in [0.25, 0.3) is 5.91 Å². The maximum Gasteiger partial charge on any atom is 0.266 e. The Morgan fingerprint density at radius 3 is 2.57 bits per heavy atom. The van der Waals surface area contributed by atoms with Gasteiger partial charge < -0.3 is 14.4 Å². The van der Waals surface area contributed by atoms with Gasteiger partial charge >= 0.3 is 0 Å². The quantitative estimate of drug-likeness (QED) is 0.520. The predicted molar refractivity (Wildman–Crippen MR) is 114 cm³/mol. The van der Waals surface area contributed by atoms with Crippen LogP contribution in [0.3, 0.4) is 0 Å². The largest absolute Gasteiger partial charge is 0.493 e. The second kappa shape index (κ2) is 9.43. The molecule has 0 aromatic heterocycles. The molecule has 2 saturated heterocycles. The lowest BCUT2D eigenvalue weighted by atomic mass is 10.1. The highest BCUT2D eigenvalue weighted by atomic mass is 32.2. The zero-order valence-electron chi connectivity index (χ0n) is 16.1. The number of likely N-dealkylation sites (tertiary alicyclic amines) is 1. The fourth-order valence-corrected chi connectivity index (χ4v) is 4.60. The summed E-state index contributed by atoms with van der Waals surface area (Å²) in [7, 11) is 3.15. The minimum Gasteiger partial charge on any atom is -0.493 e. The van der Waals surface area contributed by atoms with E-state index < -0.39 is 0 Å². The lowest BCUT2D eigenvalue weighted by Crippen LogP contribution is -2.38. The van der Waals surface area contributed by atoms with E-state index >= 15 is 0 Å². The summed E-state index contributed by atoms with van der Waals surface area (Å²) < 4.78 is 11.0. The number of thiocarbonyl (C=S) groups is 1. The van der Waals surface area contributed by atoms with Crippen LogP contribution in [0.2, 0.25) is 0 Å². The SMILES string of the molecule is COc1ccc(/C=C2\SC(=S)N(CCC(=O)N3CCCCC3)C2=O)cc1OC. The maximum absolute atomic E-state index is 12.8. The maximum atomic E-state index is 12.8. The van der Waals surface area contributed by atoms with Crippen LogP contribution in [-0.2, 0) is 9.59 Å². The van der Waals surface area contributed by atoms with Crippen molar-refractivity contribution in [3.8, 4) is 11.5 Å². The van der Waals surface area contributed by atoms with Crippen molar-refractivity contribution < 1.29 is 19.1 Å². The van der Waals surface area contributed by atoms with E-state index in [1.807, 2.05) is 17.0 Å². The van der Waals surface area contributed by atoms with E-state index in [1.165, 1.54) is 23.1 Å². The first-order valence-electron chi connectivity index (χ1n) is 9.28. The van der Waals surface area contributed by atoms with Gasteiger partial charge in [0.15, 0.2) is 11.5 Å². The first kappa shape index (κ1) is 20.7. The van der Waals surface area contributed by atoms with Gasteiger partial charge in [-0.15, -0.1) is 0 Å². The van der Waals surface area contributed by atoms with Crippen LogP contribution in [0.4, 0.5) is 0 Å². The molecule has 2 aliphatic heterocycles. The number of rotatable bonds is 6. The number of carbonyl (C=O) groups is 2. The van der Waals surface area contributed by atoms with Crippen LogP contribution >= 0.6 is 24.0 Å². The van der Waals surface area contributed by atoms with Crippen molar-refractivity contribution in [3.63, 3.8) is 0 Å². The molecule has 150 valence electrons. The number of hydrogen-bond acceptors (Lipinski definition) is 6. The molecule has 0 spiro atoms. The molecule has 0 N–H and O–H groups in total. The first-order chi connectivity index (χ1) is 13.5. The van der Waals surface area contributed by atoms with E-state index in [0.29, 0.717) is 33.7 Å². The lowest BCUT2D eigenvalue weighted by Gasteiger charge is -2.27. The van der Waals surface area contributed by atoms with Crippen LogP contribution in [0.5, 0.6) is 11.5 Å². The fourth-order valence-electron chi connectivity index (χ4n) is 3.30. The molecule has 3 rings (SSSR count). The van der Waals surface area contributed by atoms with Gasteiger partial charge in [0.1, 0.15) is 4.32 Å². The minimum atomic E-state index is -0.156. The molecule has 2 heterocycles. The average molecular weight is 421 g/mol. The van der Waals surface area contributed by atoms with Gasteiger partial charge in [0.2, 0.25) is 5.91 Å². The highest BCUT2D eigenvalue weighted by Crippen LogP contribution is 2.34. The number of amides is 2. The summed E-state index contributed by atoms with van der Waals surface area (Å²) >= 11 is 6.62. The molecular weight excluding hydrogens is 396 g/mol. The van der Waals surface area contributed by atoms with Crippen molar-refractivity contribution in [3.05, 3.63) is 28.7 Å². The molecule has 0 radical (unpaired) electrons. The molecule has 8 heteroatoms. The lowest BCUT2D eigenvalue weighted by molar-refractivity contribution is -0.132. The highest BCUT2D eigenvalue weighted by molar-refractivity contribution is 8.26. The fraction of sp³-hybridized carbons (Fsp3) is 0.450. The summed E-state index contributed by atoms with van der Waals surface area (Å²) in [5, 5.41) is 0. The van der Waals surface area contributed by atoms with Crippen molar-refractivity contribution in [2.24, 2.45) is 0 Å². The minimum absolute atomic E-state index is 0.0950. The third-order valence-corrected chi connectivity index (χ3v) is 6.21. The van der Waals surface area contributed by atoms with E-state index in [4.69, 9.17) is 21.7 Å². The number of piperidine rings is 1. The van der Waals surface area contributed by atoms with Crippen molar-refractivity contribution in [1.82, 2.24) is 9.80 Å². The Balaban J connectivity index is 1.66. The molecule has 0 aliphatic carbocycles. The van der Waals surface area contributed by atoms with Crippen LogP contribution < -0.4 is 9.47 Å². The second-order valence-electron chi connectivity index (χ2n) is 6.64. The Bertz CT molecular complexity index is 803. The number of methoxy groups -OCH3 is 2. The molecule has 0 atom stereocenters. The van der Waals surface area contributed by atoms with Gasteiger partial charge in [0.05, 0.1) is 19.1 Å². The van der Waals surface area contributed by atoms with Gasteiger partial charge in [0, 0.05) is 26.1 Å². The molecule has 0 saturated carbocycles.